The Labute approximate surface area is 146 Å². The zero-order chi connectivity index (χ0) is 18.4. The molecule has 2 aromatic carbocycles. The van der Waals surface area contributed by atoms with E-state index < -0.39 is 18.5 Å². The number of nitrogens with one attached hydrogen (secondary N) is 2. The number of hydrogen-bond donors (Lipinski definition) is 3. The van der Waals surface area contributed by atoms with Crippen molar-refractivity contribution in [1.29, 1.82) is 0 Å². The molecule has 0 fully saturated rings. The minimum absolute atomic E-state index is 0.0500. The lowest BCUT2D eigenvalue weighted by molar-refractivity contribution is -0.0497. The van der Waals surface area contributed by atoms with Gasteiger partial charge in [0.25, 0.3) is 5.91 Å². The number of rotatable bonds is 6. The lowest BCUT2D eigenvalue weighted by Gasteiger charge is -2.10. The van der Waals surface area contributed by atoms with E-state index in [1.165, 1.54) is 18.2 Å². The fourth-order valence-electron chi connectivity index (χ4n) is 1.94. The van der Waals surface area contributed by atoms with Crippen molar-refractivity contribution in [1.82, 2.24) is 5.32 Å². The van der Waals surface area contributed by atoms with Crippen molar-refractivity contribution in [2.24, 2.45) is 5.73 Å². The molecule has 2 aromatic rings. The van der Waals surface area contributed by atoms with Gasteiger partial charge in [-0.3, -0.25) is 4.79 Å². The first-order valence-corrected chi connectivity index (χ1v) is 7.41. The van der Waals surface area contributed by atoms with Crippen molar-refractivity contribution in [2.45, 2.75) is 13.2 Å². The molecule has 4 N–H and O–H groups in total. The third-order valence-electron chi connectivity index (χ3n) is 3.09. The Hall–Kier alpha value is -2.87. The molecule has 0 saturated heterocycles. The molecule has 9 heteroatoms. The van der Waals surface area contributed by atoms with E-state index in [9.17, 15) is 18.4 Å². The maximum atomic E-state index is 12.2. The summed E-state index contributed by atoms with van der Waals surface area (Å²) in [4.78, 5) is 22.8. The molecule has 0 aliphatic heterocycles. The summed E-state index contributed by atoms with van der Waals surface area (Å²) in [5.41, 5.74) is 6.45. The molecule has 0 spiro atoms. The van der Waals surface area contributed by atoms with Gasteiger partial charge >= 0.3 is 12.6 Å². The largest absolute Gasteiger partial charge is 0.433 e. The molecule has 6 nitrogen and oxygen atoms in total. The maximum absolute atomic E-state index is 12.2. The van der Waals surface area contributed by atoms with Gasteiger partial charge in [0.2, 0.25) is 0 Å². The van der Waals surface area contributed by atoms with Crippen molar-refractivity contribution in [3.63, 3.8) is 0 Å². The van der Waals surface area contributed by atoms with Gasteiger partial charge in [0.05, 0.1) is 5.02 Å². The smallest absolute Gasteiger partial charge is 0.387 e. The summed E-state index contributed by atoms with van der Waals surface area (Å²) in [6, 6.07) is 9.77. The molecule has 0 aliphatic carbocycles. The van der Waals surface area contributed by atoms with Gasteiger partial charge in [0.15, 0.2) is 0 Å². The van der Waals surface area contributed by atoms with Gasteiger partial charge in [-0.15, -0.1) is 0 Å². The summed E-state index contributed by atoms with van der Waals surface area (Å²) in [5, 5.41) is 4.98. The Morgan fingerprint density at radius 3 is 2.40 bits per heavy atom. The highest BCUT2D eigenvalue weighted by molar-refractivity contribution is 6.32. The van der Waals surface area contributed by atoms with Crippen LogP contribution in [-0.4, -0.2) is 18.5 Å². The van der Waals surface area contributed by atoms with Crippen LogP contribution in [0.5, 0.6) is 5.75 Å². The highest BCUT2D eigenvalue weighted by atomic mass is 35.5. The summed E-state index contributed by atoms with van der Waals surface area (Å²) in [6.45, 7) is -2.74. The molecule has 0 saturated carbocycles. The summed E-state index contributed by atoms with van der Waals surface area (Å²) in [5.74, 6) is -0.589. The second-order valence-corrected chi connectivity index (χ2v) is 5.30. The monoisotopic (exact) mass is 369 g/mol. The molecule has 0 aliphatic rings. The first-order chi connectivity index (χ1) is 11.8. The third kappa shape index (κ3) is 5.61. The molecule has 0 heterocycles. The SMILES string of the molecule is NC(=O)NCc1ccc(C(=O)Nc2ccc(OC(F)F)c(Cl)c2)cc1. The van der Waals surface area contributed by atoms with Crippen LogP contribution in [0.4, 0.5) is 19.3 Å². The molecule has 3 amide bonds. The Bertz CT molecular complexity index is 770. The van der Waals surface area contributed by atoms with E-state index >= 15 is 0 Å². The number of amides is 3. The van der Waals surface area contributed by atoms with Gasteiger partial charge in [-0.25, -0.2) is 4.79 Å². The number of benzene rings is 2. The standard InChI is InChI=1S/C16H14ClF2N3O3/c17-12-7-11(5-6-13(12)25-15(18)19)22-14(23)10-3-1-9(2-4-10)8-21-16(20)24/h1-7,15H,8H2,(H,22,23)(H3,20,21,24). The van der Waals surface area contributed by atoms with Crippen molar-refractivity contribution >= 4 is 29.2 Å². The first kappa shape index (κ1) is 18.5. The molecule has 0 atom stereocenters. The fourth-order valence-corrected chi connectivity index (χ4v) is 2.16. The van der Waals surface area contributed by atoms with Crippen molar-refractivity contribution in [3.05, 3.63) is 58.6 Å². The minimum atomic E-state index is -2.99. The van der Waals surface area contributed by atoms with E-state index in [0.717, 1.165) is 5.56 Å². The topological polar surface area (TPSA) is 93.5 Å². The number of urea groups is 1. The van der Waals surface area contributed by atoms with Crippen LogP contribution in [0.3, 0.4) is 0 Å². The zero-order valence-corrected chi connectivity index (χ0v) is 13.5. The highest BCUT2D eigenvalue weighted by Crippen LogP contribution is 2.29. The number of nitrogens with two attached hydrogens (primary N) is 1. The van der Waals surface area contributed by atoms with Gasteiger partial charge in [-0.1, -0.05) is 23.7 Å². The number of halogens is 3. The Morgan fingerprint density at radius 1 is 1.16 bits per heavy atom. The number of anilines is 1. The molecule has 0 radical (unpaired) electrons. The van der Waals surface area contributed by atoms with Crippen LogP contribution >= 0.6 is 11.6 Å². The number of alkyl halides is 2. The summed E-state index contributed by atoms with van der Waals surface area (Å²) in [7, 11) is 0. The van der Waals surface area contributed by atoms with Gasteiger partial charge < -0.3 is 21.1 Å². The predicted octanol–water partition coefficient (Wildman–Crippen LogP) is 3.36. The van der Waals surface area contributed by atoms with Crippen LogP contribution < -0.4 is 21.1 Å². The lowest BCUT2D eigenvalue weighted by atomic mass is 10.1. The van der Waals surface area contributed by atoms with Gasteiger partial charge in [-0.05, 0) is 35.9 Å². The Balaban J connectivity index is 2.01. The van der Waals surface area contributed by atoms with Gasteiger partial charge in [-0.2, -0.15) is 8.78 Å². The molecule has 0 unspecified atom stereocenters. The molecule has 25 heavy (non-hydrogen) atoms. The van der Waals surface area contributed by atoms with Crippen molar-refractivity contribution in [3.8, 4) is 5.75 Å². The molecule has 0 aromatic heterocycles. The van der Waals surface area contributed by atoms with E-state index in [0.29, 0.717) is 11.3 Å². The average Bonchev–Trinajstić information content (AvgIpc) is 2.55. The maximum Gasteiger partial charge on any atom is 0.387 e. The number of ether oxygens (including phenoxy) is 1. The third-order valence-corrected chi connectivity index (χ3v) is 3.38. The number of hydrogen-bond acceptors (Lipinski definition) is 3. The van der Waals surface area contributed by atoms with E-state index in [2.05, 4.69) is 15.4 Å². The second kappa shape index (κ2) is 8.29. The quantitative estimate of drug-likeness (QED) is 0.728. The van der Waals surface area contributed by atoms with Crippen LogP contribution in [-0.2, 0) is 6.54 Å². The Morgan fingerprint density at radius 2 is 1.84 bits per heavy atom. The lowest BCUT2D eigenvalue weighted by Crippen LogP contribution is -2.28. The fraction of sp³-hybridized carbons (Fsp3) is 0.125. The van der Waals surface area contributed by atoms with Gasteiger partial charge in [0.1, 0.15) is 5.75 Å². The Kier molecular flexibility index (Phi) is 6.13. The summed E-state index contributed by atoms with van der Waals surface area (Å²) in [6.07, 6.45) is 0. The minimum Gasteiger partial charge on any atom is -0.433 e. The van der Waals surface area contributed by atoms with Crippen molar-refractivity contribution < 1.29 is 23.1 Å². The predicted molar refractivity (Wildman–Crippen MR) is 88.9 cm³/mol. The van der Waals surface area contributed by atoms with Crippen LogP contribution in [0.15, 0.2) is 42.5 Å². The first-order valence-electron chi connectivity index (χ1n) is 7.03. The molecular formula is C16H14ClF2N3O3. The highest BCUT2D eigenvalue weighted by Gasteiger charge is 2.11. The van der Waals surface area contributed by atoms with E-state index in [4.69, 9.17) is 17.3 Å². The normalized spacial score (nSPS) is 10.4. The molecule has 2 rings (SSSR count). The van der Waals surface area contributed by atoms with Crippen LogP contribution in [0.2, 0.25) is 5.02 Å². The summed E-state index contributed by atoms with van der Waals surface area (Å²) >= 11 is 5.83. The van der Waals surface area contributed by atoms with E-state index in [1.54, 1.807) is 24.3 Å². The van der Waals surface area contributed by atoms with E-state index in [-0.39, 0.29) is 17.3 Å². The van der Waals surface area contributed by atoms with Crippen LogP contribution in [0.25, 0.3) is 0 Å². The van der Waals surface area contributed by atoms with Crippen LogP contribution in [0.1, 0.15) is 15.9 Å². The number of primary amides is 1. The second-order valence-electron chi connectivity index (χ2n) is 4.89. The van der Waals surface area contributed by atoms with Crippen molar-refractivity contribution in [2.75, 3.05) is 5.32 Å². The molecular weight excluding hydrogens is 356 g/mol. The number of carbonyl (C=O) groups excluding carboxylic acids is 2. The molecule has 132 valence electrons. The average molecular weight is 370 g/mol. The number of carbonyl (C=O) groups is 2. The van der Waals surface area contributed by atoms with Gasteiger partial charge in [0, 0.05) is 17.8 Å². The molecule has 0 bridgehead atoms. The zero-order valence-electron chi connectivity index (χ0n) is 12.8. The van der Waals surface area contributed by atoms with Crippen LogP contribution in [0, 0.1) is 0 Å². The summed E-state index contributed by atoms with van der Waals surface area (Å²) < 4.78 is 28.6. The van der Waals surface area contributed by atoms with E-state index in [1.807, 2.05) is 0 Å².